The number of ether oxygens (including phenoxy) is 1. The van der Waals surface area contributed by atoms with E-state index in [1.54, 1.807) is 31.4 Å². The number of carbonyl (C=O) groups excluding carboxylic acids is 1. The molecule has 0 unspecified atom stereocenters. The molecule has 0 spiro atoms. The maximum absolute atomic E-state index is 12.6. The van der Waals surface area contributed by atoms with Crippen molar-refractivity contribution in [1.82, 2.24) is 0 Å². The van der Waals surface area contributed by atoms with Gasteiger partial charge in [-0.3, -0.25) is 4.79 Å². The second kappa shape index (κ2) is 7.90. The van der Waals surface area contributed by atoms with E-state index in [0.29, 0.717) is 28.5 Å². The van der Waals surface area contributed by atoms with Crippen LogP contribution in [0.25, 0.3) is 11.3 Å². The lowest BCUT2D eigenvalue weighted by Crippen LogP contribution is -2.14. The van der Waals surface area contributed by atoms with Gasteiger partial charge in [-0.05, 0) is 47.4 Å². The molecule has 0 aliphatic carbocycles. The van der Waals surface area contributed by atoms with Crippen molar-refractivity contribution in [2.45, 2.75) is 32.8 Å². The lowest BCUT2D eigenvalue weighted by molar-refractivity contribution is 0.102. The molecule has 0 aliphatic rings. The molecule has 0 radical (unpaired) electrons. The van der Waals surface area contributed by atoms with Crippen LogP contribution in [0.4, 0.5) is 5.69 Å². The Labute approximate surface area is 165 Å². The van der Waals surface area contributed by atoms with Crippen molar-refractivity contribution in [2.75, 3.05) is 12.4 Å². The van der Waals surface area contributed by atoms with E-state index in [9.17, 15) is 4.79 Å². The van der Waals surface area contributed by atoms with Gasteiger partial charge in [-0.15, -0.1) is 0 Å². The van der Waals surface area contributed by atoms with Gasteiger partial charge in [0.15, 0.2) is 0 Å². The topological polar surface area (TPSA) is 71.7 Å². The summed E-state index contributed by atoms with van der Waals surface area (Å²) in [4.78, 5) is 12.6. The Morgan fingerprint density at radius 2 is 1.79 bits per heavy atom. The molecule has 1 amide bonds. The molecule has 1 heterocycles. The van der Waals surface area contributed by atoms with Crippen LogP contribution in [0.2, 0.25) is 0 Å². The Morgan fingerprint density at radius 1 is 1.07 bits per heavy atom. The maximum Gasteiger partial charge on any atom is 0.255 e. The Morgan fingerprint density at radius 3 is 2.36 bits per heavy atom. The first-order valence-electron chi connectivity index (χ1n) is 9.11. The molecular formula is C23H25NO4. The molecule has 0 fully saturated rings. The molecule has 5 heteroatoms. The first-order chi connectivity index (χ1) is 13.3. The van der Waals surface area contributed by atoms with Crippen LogP contribution in [-0.4, -0.2) is 18.1 Å². The summed E-state index contributed by atoms with van der Waals surface area (Å²) in [5, 5.41) is 12.1. The molecule has 0 atom stereocenters. The third kappa shape index (κ3) is 4.26. The molecule has 28 heavy (non-hydrogen) atoms. The van der Waals surface area contributed by atoms with E-state index in [2.05, 4.69) is 26.1 Å². The monoisotopic (exact) mass is 379 g/mol. The predicted molar refractivity (Wildman–Crippen MR) is 110 cm³/mol. The third-order valence-corrected chi connectivity index (χ3v) is 4.56. The van der Waals surface area contributed by atoms with Gasteiger partial charge in [-0.1, -0.05) is 32.9 Å². The molecule has 0 aliphatic heterocycles. The second-order valence-corrected chi connectivity index (χ2v) is 7.62. The van der Waals surface area contributed by atoms with Gasteiger partial charge in [-0.25, -0.2) is 0 Å². The van der Waals surface area contributed by atoms with E-state index >= 15 is 0 Å². The lowest BCUT2D eigenvalue weighted by atomic mass is 9.87. The quantitative estimate of drug-likeness (QED) is 0.655. The highest BCUT2D eigenvalue weighted by Crippen LogP contribution is 2.34. The number of hydrogen-bond acceptors (Lipinski definition) is 4. The fourth-order valence-corrected chi connectivity index (χ4v) is 2.91. The zero-order valence-corrected chi connectivity index (χ0v) is 16.6. The van der Waals surface area contributed by atoms with Gasteiger partial charge in [0.25, 0.3) is 5.91 Å². The number of rotatable bonds is 5. The van der Waals surface area contributed by atoms with Crippen molar-refractivity contribution < 1.29 is 19.1 Å². The first kappa shape index (κ1) is 19.7. The van der Waals surface area contributed by atoms with Crippen molar-refractivity contribution in [3.63, 3.8) is 0 Å². The number of aliphatic hydroxyl groups excluding tert-OH is 1. The third-order valence-electron chi connectivity index (χ3n) is 4.56. The highest BCUT2D eigenvalue weighted by atomic mass is 16.5. The van der Waals surface area contributed by atoms with Crippen LogP contribution in [0, 0.1) is 0 Å². The van der Waals surface area contributed by atoms with Gasteiger partial charge in [0.1, 0.15) is 23.9 Å². The number of hydrogen-bond donors (Lipinski definition) is 2. The number of benzene rings is 2. The van der Waals surface area contributed by atoms with Crippen LogP contribution in [-0.2, 0) is 12.0 Å². The maximum atomic E-state index is 12.6. The molecule has 146 valence electrons. The fraction of sp³-hybridized carbons (Fsp3) is 0.261. The average molecular weight is 379 g/mol. The Kier molecular flexibility index (Phi) is 5.56. The fourth-order valence-electron chi connectivity index (χ4n) is 2.91. The Balaban J connectivity index is 1.79. The van der Waals surface area contributed by atoms with E-state index in [0.717, 1.165) is 5.56 Å². The highest BCUT2D eigenvalue weighted by molar-refractivity contribution is 6.04. The highest BCUT2D eigenvalue weighted by Gasteiger charge is 2.15. The molecule has 3 aromatic rings. The normalized spacial score (nSPS) is 11.3. The van der Waals surface area contributed by atoms with Gasteiger partial charge < -0.3 is 19.6 Å². The van der Waals surface area contributed by atoms with E-state index in [4.69, 9.17) is 14.3 Å². The average Bonchev–Trinajstić information content (AvgIpc) is 3.16. The zero-order valence-electron chi connectivity index (χ0n) is 16.6. The van der Waals surface area contributed by atoms with Gasteiger partial charge in [0, 0.05) is 17.3 Å². The molecule has 2 aromatic carbocycles. The van der Waals surface area contributed by atoms with E-state index < -0.39 is 0 Å². The summed E-state index contributed by atoms with van der Waals surface area (Å²) in [5.41, 5.74) is 3.18. The molecule has 5 nitrogen and oxygen atoms in total. The predicted octanol–water partition coefficient (Wildman–Crippen LogP) is 5.00. The Hall–Kier alpha value is -3.05. The number of aliphatic hydroxyl groups is 1. The summed E-state index contributed by atoms with van der Waals surface area (Å²) < 4.78 is 11.0. The summed E-state index contributed by atoms with van der Waals surface area (Å²) in [5.74, 6) is 1.46. The van der Waals surface area contributed by atoms with Crippen molar-refractivity contribution in [3.05, 3.63) is 71.5 Å². The van der Waals surface area contributed by atoms with Crippen LogP contribution in [0.3, 0.4) is 0 Å². The molecular weight excluding hydrogens is 354 g/mol. The minimum atomic E-state index is -0.184. The van der Waals surface area contributed by atoms with Gasteiger partial charge in [0.05, 0.1) is 12.7 Å². The van der Waals surface area contributed by atoms with Gasteiger partial charge >= 0.3 is 0 Å². The molecule has 2 N–H and O–H groups in total. The zero-order chi connectivity index (χ0) is 20.3. The molecule has 1 aromatic heterocycles. The van der Waals surface area contributed by atoms with Crippen molar-refractivity contribution in [3.8, 4) is 17.1 Å². The standard InChI is InChI=1S/C23H25NO4/c1-23(2,3)16-7-5-15(6-8-16)22(26)24-17-9-11-19(21(13-17)27-4)20-12-10-18(14-25)28-20/h5-13,25H,14H2,1-4H3,(H,24,26). The van der Waals surface area contributed by atoms with Gasteiger partial charge in [-0.2, -0.15) is 0 Å². The van der Waals surface area contributed by atoms with Crippen LogP contribution in [0.5, 0.6) is 5.75 Å². The van der Waals surface area contributed by atoms with E-state index in [-0.39, 0.29) is 17.9 Å². The molecule has 0 bridgehead atoms. The summed E-state index contributed by atoms with van der Waals surface area (Å²) in [6.07, 6.45) is 0. The number of furan rings is 1. The summed E-state index contributed by atoms with van der Waals surface area (Å²) in [6, 6.07) is 16.5. The number of amides is 1. The SMILES string of the molecule is COc1cc(NC(=O)c2ccc(C(C)(C)C)cc2)ccc1-c1ccc(CO)o1. The molecule has 0 saturated heterocycles. The van der Waals surface area contributed by atoms with E-state index in [1.165, 1.54) is 5.56 Å². The largest absolute Gasteiger partial charge is 0.496 e. The smallest absolute Gasteiger partial charge is 0.255 e. The van der Waals surface area contributed by atoms with Gasteiger partial charge in [0.2, 0.25) is 0 Å². The van der Waals surface area contributed by atoms with Crippen molar-refractivity contribution in [2.24, 2.45) is 0 Å². The minimum Gasteiger partial charge on any atom is -0.496 e. The van der Waals surface area contributed by atoms with Crippen LogP contribution in [0.15, 0.2) is 59.0 Å². The molecule has 3 rings (SSSR count). The van der Waals surface area contributed by atoms with Crippen molar-refractivity contribution >= 4 is 11.6 Å². The number of carbonyl (C=O) groups is 1. The number of anilines is 1. The lowest BCUT2D eigenvalue weighted by Gasteiger charge is -2.19. The van der Waals surface area contributed by atoms with Crippen LogP contribution >= 0.6 is 0 Å². The summed E-state index contributed by atoms with van der Waals surface area (Å²) in [6.45, 7) is 6.25. The summed E-state index contributed by atoms with van der Waals surface area (Å²) >= 11 is 0. The molecule has 0 saturated carbocycles. The number of nitrogens with one attached hydrogen (secondary N) is 1. The Bertz CT molecular complexity index is 965. The van der Waals surface area contributed by atoms with E-state index in [1.807, 2.05) is 30.3 Å². The second-order valence-electron chi connectivity index (χ2n) is 7.62. The van der Waals surface area contributed by atoms with Crippen LogP contribution < -0.4 is 10.1 Å². The number of methoxy groups -OCH3 is 1. The van der Waals surface area contributed by atoms with Crippen LogP contribution in [0.1, 0.15) is 42.5 Å². The summed E-state index contributed by atoms with van der Waals surface area (Å²) in [7, 11) is 1.56. The van der Waals surface area contributed by atoms with Crippen molar-refractivity contribution in [1.29, 1.82) is 0 Å². The first-order valence-corrected chi connectivity index (χ1v) is 9.11. The minimum absolute atomic E-state index is 0.0416.